The van der Waals surface area contributed by atoms with Gasteiger partial charge in [-0.1, -0.05) is 30.0 Å². The van der Waals surface area contributed by atoms with E-state index in [0.29, 0.717) is 20.6 Å². The van der Waals surface area contributed by atoms with E-state index in [1.54, 1.807) is 35.6 Å². The summed E-state index contributed by atoms with van der Waals surface area (Å²) in [7, 11) is 0. The number of hydrogen-bond donors (Lipinski definition) is 1. The first-order valence-corrected chi connectivity index (χ1v) is 8.84. The van der Waals surface area contributed by atoms with Gasteiger partial charge in [0.25, 0.3) is 5.91 Å². The lowest BCUT2D eigenvalue weighted by molar-refractivity contribution is -0.114. The summed E-state index contributed by atoms with van der Waals surface area (Å²) in [6.07, 6.45) is 1.86. The number of nitrogens with one attached hydrogen (secondary N) is 1. The summed E-state index contributed by atoms with van der Waals surface area (Å²) in [6, 6.07) is 10.9. The largest absolute Gasteiger partial charge is 0.326 e. The Hall–Kier alpha value is -1.96. The van der Waals surface area contributed by atoms with Crippen molar-refractivity contribution in [2.75, 3.05) is 10.2 Å². The van der Waals surface area contributed by atoms with Gasteiger partial charge in [-0.25, -0.2) is 0 Å². The molecule has 1 aromatic heterocycles. The average Bonchev–Trinajstić information content (AvgIpc) is 3.09. The number of anilines is 2. The van der Waals surface area contributed by atoms with Crippen molar-refractivity contribution >= 4 is 68.9 Å². The molecule has 0 spiro atoms. The van der Waals surface area contributed by atoms with Gasteiger partial charge in [-0.15, -0.1) is 11.3 Å². The Kier molecular flexibility index (Phi) is 4.61. The molecule has 1 aliphatic heterocycles. The summed E-state index contributed by atoms with van der Waals surface area (Å²) >= 11 is 8.21. The van der Waals surface area contributed by atoms with E-state index in [1.165, 1.54) is 23.6 Å². The molecule has 3 rings (SSSR count). The van der Waals surface area contributed by atoms with Crippen LogP contribution >= 0.6 is 35.3 Å². The van der Waals surface area contributed by atoms with Gasteiger partial charge in [0.1, 0.15) is 0 Å². The second kappa shape index (κ2) is 6.66. The van der Waals surface area contributed by atoms with Gasteiger partial charge >= 0.3 is 0 Å². The highest BCUT2D eigenvalue weighted by molar-refractivity contribution is 8.27. The molecule has 1 fully saturated rings. The van der Waals surface area contributed by atoms with E-state index in [1.807, 2.05) is 23.6 Å². The molecule has 2 heterocycles. The molecule has 0 saturated carbocycles. The van der Waals surface area contributed by atoms with Gasteiger partial charge in [-0.2, -0.15) is 0 Å². The second-order valence-electron chi connectivity index (χ2n) is 4.76. The van der Waals surface area contributed by atoms with Crippen LogP contribution in [-0.2, 0) is 9.59 Å². The van der Waals surface area contributed by atoms with Crippen molar-refractivity contribution in [3.05, 3.63) is 51.6 Å². The molecule has 1 saturated heterocycles. The maximum Gasteiger partial charge on any atom is 0.270 e. The third-order valence-electron chi connectivity index (χ3n) is 3.06. The molecular weight excluding hydrogens is 348 g/mol. The zero-order valence-electron chi connectivity index (χ0n) is 12.1. The lowest BCUT2D eigenvalue weighted by Gasteiger charge is -2.15. The van der Waals surface area contributed by atoms with Crippen LogP contribution in [0, 0.1) is 0 Å². The Morgan fingerprint density at radius 1 is 1.26 bits per heavy atom. The Bertz CT molecular complexity index is 795. The van der Waals surface area contributed by atoms with Crippen molar-refractivity contribution < 1.29 is 9.59 Å². The summed E-state index contributed by atoms with van der Waals surface area (Å²) in [4.78, 5) is 26.8. The molecule has 1 N–H and O–H groups in total. The summed E-state index contributed by atoms with van der Waals surface area (Å²) < 4.78 is 0.505. The molecule has 0 aliphatic carbocycles. The summed E-state index contributed by atoms with van der Waals surface area (Å²) in [5.41, 5.74) is 1.37. The monoisotopic (exact) mass is 360 g/mol. The Morgan fingerprint density at radius 3 is 2.61 bits per heavy atom. The number of nitrogens with zero attached hydrogens (tertiary/aromatic N) is 1. The van der Waals surface area contributed by atoms with Gasteiger partial charge in [0, 0.05) is 17.5 Å². The number of amides is 2. The molecule has 1 aliphatic rings. The number of hydrogen-bond acceptors (Lipinski definition) is 5. The molecule has 1 aromatic carbocycles. The summed E-state index contributed by atoms with van der Waals surface area (Å²) in [5.74, 6) is -0.261. The van der Waals surface area contributed by atoms with Gasteiger partial charge in [-0.05, 0) is 41.8 Å². The number of thiophene rings is 1. The molecular formula is C16H12N2O2S3. The number of rotatable bonds is 3. The van der Waals surface area contributed by atoms with Crippen LogP contribution in [0.3, 0.4) is 0 Å². The zero-order chi connectivity index (χ0) is 16.4. The predicted molar refractivity (Wildman–Crippen MR) is 101 cm³/mol. The fraction of sp³-hybridized carbons (Fsp3) is 0.0625. The first kappa shape index (κ1) is 15.9. The van der Waals surface area contributed by atoms with Gasteiger partial charge in [0.05, 0.1) is 10.6 Å². The van der Waals surface area contributed by atoms with Crippen LogP contribution in [0.25, 0.3) is 6.08 Å². The van der Waals surface area contributed by atoms with E-state index in [2.05, 4.69) is 5.32 Å². The molecule has 0 unspecified atom stereocenters. The normalized spacial score (nSPS) is 16.2. The molecule has 2 amide bonds. The zero-order valence-corrected chi connectivity index (χ0v) is 14.6. The molecule has 7 heteroatoms. The topological polar surface area (TPSA) is 49.4 Å². The lowest BCUT2D eigenvalue weighted by Crippen LogP contribution is -2.27. The number of benzene rings is 1. The quantitative estimate of drug-likeness (QED) is 0.661. The van der Waals surface area contributed by atoms with E-state index in [9.17, 15) is 9.59 Å². The van der Waals surface area contributed by atoms with Crippen molar-refractivity contribution in [1.29, 1.82) is 0 Å². The average molecular weight is 360 g/mol. The third kappa shape index (κ3) is 3.52. The highest BCUT2D eigenvalue weighted by Gasteiger charge is 2.33. The van der Waals surface area contributed by atoms with Crippen molar-refractivity contribution in [1.82, 2.24) is 0 Å². The molecule has 116 valence electrons. The van der Waals surface area contributed by atoms with Gasteiger partial charge in [0.15, 0.2) is 4.32 Å². The predicted octanol–water partition coefficient (Wildman–Crippen LogP) is 4.11. The molecule has 2 aromatic rings. The third-order valence-corrected chi connectivity index (χ3v) is 5.18. The van der Waals surface area contributed by atoms with Gasteiger partial charge < -0.3 is 5.32 Å². The highest BCUT2D eigenvalue weighted by atomic mass is 32.2. The summed E-state index contributed by atoms with van der Waals surface area (Å²) in [6.45, 7) is 1.45. The lowest BCUT2D eigenvalue weighted by atomic mass is 10.2. The van der Waals surface area contributed by atoms with E-state index in [-0.39, 0.29) is 11.8 Å². The van der Waals surface area contributed by atoms with Crippen molar-refractivity contribution in [2.24, 2.45) is 0 Å². The smallest absolute Gasteiger partial charge is 0.270 e. The van der Waals surface area contributed by atoms with Gasteiger partial charge in [-0.3, -0.25) is 14.5 Å². The standard InChI is InChI=1S/C16H12N2O2S3/c1-10(19)17-11-4-6-12(7-5-11)18-15(20)14(23-16(18)21)9-13-3-2-8-22-13/h2-9H,1H3,(H,17,19). The van der Waals surface area contributed by atoms with Crippen LogP contribution < -0.4 is 10.2 Å². The minimum Gasteiger partial charge on any atom is -0.326 e. The van der Waals surface area contributed by atoms with Crippen molar-refractivity contribution in [3.63, 3.8) is 0 Å². The molecule has 4 nitrogen and oxygen atoms in total. The second-order valence-corrected chi connectivity index (χ2v) is 7.42. The Morgan fingerprint density at radius 2 is 2.00 bits per heavy atom. The highest BCUT2D eigenvalue weighted by Crippen LogP contribution is 2.36. The maximum atomic E-state index is 12.6. The van der Waals surface area contributed by atoms with Gasteiger partial charge in [0.2, 0.25) is 5.91 Å². The van der Waals surface area contributed by atoms with Crippen molar-refractivity contribution in [3.8, 4) is 0 Å². The van der Waals surface area contributed by atoms with E-state index in [0.717, 1.165) is 4.88 Å². The van der Waals surface area contributed by atoms with Crippen LogP contribution in [0.15, 0.2) is 46.7 Å². The van der Waals surface area contributed by atoms with E-state index < -0.39 is 0 Å². The van der Waals surface area contributed by atoms with Crippen molar-refractivity contribution in [2.45, 2.75) is 6.92 Å². The Labute approximate surface area is 147 Å². The number of thioether (sulfide) groups is 1. The molecule has 0 radical (unpaired) electrons. The van der Waals surface area contributed by atoms with Crippen LogP contribution in [-0.4, -0.2) is 16.1 Å². The molecule has 0 atom stereocenters. The summed E-state index contributed by atoms with van der Waals surface area (Å²) in [5, 5.41) is 4.66. The fourth-order valence-electron chi connectivity index (χ4n) is 2.09. The maximum absolute atomic E-state index is 12.6. The first-order valence-electron chi connectivity index (χ1n) is 6.74. The minimum atomic E-state index is -0.137. The van der Waals surface area contributed by atoms with Crippen LogP contribution in [0.4, 0.5) is 11.4 Å². The first-order chi connectivity index (χ1) is 11.0. The Balaban J connectivity index is 1.84. The van der Waals surface area contributed by atoms with Crippen LogP contribution in [0.2, 0.25) is 0 Å². The van der Waals surface area contributed by atoms with Crippen LogP contribution in [0.5, 0.6) is 0 Å². The van der Waals surface area contributed by atoms with E-state index >= 15 is 0 Å². The molecule has 23 heavy (non-hydrogen) atoms. The number of carbonyl (C=O) groups excluding carboxylic acids is 2. The van der Waals surface area contributed by atoms with Crippen LogP contribution in [0.1, 0.15) is 11.8 Å². The minimum absolute atomic E-state index is 0.124. The molecule has 0 bridgehead atoms. The SMILES string of the molecule is CC(=O)Nc1ccc(N2C(=O)C(=Cc3cccs3)SC2=S)cc1. The number of carbonyl (C=O) groups is 2. The van der Waals surface area contributed by atoms with E-state index in [4.69, 9.17) is 12.2 Å². The fourth-order valence-corrected chi connectivity index (χ4v) is 4.11. The number of thiocarbonyl (C=S) groups is 1.